The summed E-state index contributed by atoms with van der Waals surface area (Å²) < 4.78 is 1.69. The first-order valence-electron chi connectivity index (χ1n) is 7.06. The van der Waals surface area contributed by atoms with Crippen molar-refractivity contribution < 1.29 is 5.11 Å². The van der Waals surface area contributed by atoms with E-state index in [-0.39, 0.29) is 0 Å². The van der Waals surface area contributed by atoms with Crippen LogP contribution in [0.25, 0.3) is 0 Å². The van der Waals surface area contributed by atoms with Crippen LogP contribution in [0.15, 0.2) is 36.7 Å². The van der Waals surface area contributed by atoms with Crippen LogP contribution in [0.3, 0.4) is 0 Å². The molecule has 2 N–H and O–H groups in total. The highest BCUT2D eigenvalue weighted by Crippen LogP contribution is 2.21. The van der Waals surface area contributed by atoms with E-state index in [1.54, 1.807) is 17.8 Å². The standard InChI is InChI=1S/C16H22ClN3O/c1-12(13-5-4-6-15(17)7-13)8-18-11-16(2,21)14-9-19-20(3)10-14/h4-7,9-10,12,18,21H,8,11H2,1-3H3/t12-,16+/m0/s1. The van der Waals surface area contributed by atoms with Gasteiger partial charge in [-0.3, -0.25) is 4.68 Å². The van der Waals surface area contributed by atoms with Crippen molar-refractivity contribution in [2.75, 3.05) is 13.1 Å². The van der Waals surface area contributed by atoms with Gasteiger partial charge in [0.25, 0.3) is 0 Å². The molecule has 0 saturated carbocycles. The highest BCUT2D eigenvalue weighted by atomic mass is 35.5. The summed E-state index contributed by atoms with van der Waals surface area (Å²) in [6.45, 7) is 5.18. The molecule has 1 aromatic carbocycles. The zero-order chi connectivity index (χ0) is 15.5. The van der Waals surface area contributed by atoms with Gasteiger partial charge in [0.05, 0.1) is 6.20 Å². The SMILES string of the molecule is C[C@@H](CNC[C@@](C)(O)c1cnn(C)c1)c1cccc(Cl)c1. The Morgan fingerprint density at radius 1 is 1.48 bits per heavy atom. The summed E-state index contributed by atoms with van der Waals surface area (Å²) in [5, 5.41) is 18.7. The molecule has 0 bridgehead atoms. The highest BCUT2D eigenvalue weighted by molar-refractivity contribution is 6.30. The van der Waals surface area contributed by atoms with E-state index in [0.717, 1.165) is 17.1 Å². The fourth-order valence-corrected chi connectivity index (χ4v) is 2.46. The third-order valence-electron chi connectivity index (χ3n) is 3.66. The van der Waals surface area contributed by atoms with Crippen LogP contribution < -0.4 is 5.32 Å². The topological polar surface area (TPSA) is 50.1 Å². The molecule has 1 heterocycles. The van der Waals surface area contributed by atoms with Gasteiger partial charge < -0.3 is 10.4 Å². The highest BCUT2D eigenvalue weighted by Gasteiger charge is 2.24. The van der Waals surface area contributed by atoms with Crippen molar-refractivity contribution >= 4 is 11.6 Å². The minimum absolute atomic E-state index is 0.327. The van der Waals surface area contributed by atoms with Crippen molar-refractivity contribution in [1.82, 2.24) is 15.1 Å². The second-order valence-electron chi connectivity index (χ2n) is 5.76. The van der Waals surface area contributed by atoms with Gasteiger partial charge in [0, 0.05) is 36.9 Å². The fourth-order valence-electron chi connectivity index (χ4n) is 2.26. The Hall–Kier alpha value is -1.36. The zero-order valence-electron chi connectivity index (χ0n) is 12.7. The number of nitrogens with zero attached hydrogens (tertiary/aromatic N) is 2. The van der Waals surface area contributed by atoms with Gasteiger partial charge in [0.15, 0.2) is 0 Å². The average molecular weight is 308 g/mol. The molecule has 4 nitrogen and oxygen atoms in total. The summed E-state index contributed by atoms with van der Waals surface area (Å²) in [4.78, 5) is 0. The molecule has 21 heavy (non-hydrogen) atoms. The van der Waals surface area contributed by atoms with E-state index in [2.05, 4.69) is 23.4 Å². The number of benzene rings is 1. The smallest absolute Gasteiger partial charge is 0.102 e. The summed E-state index contributed by atoms with van der Waals surface area (Å²) in [6.07, 6.45) is 3.53. The fraction of sp³-hybridized carbons (Fsp3) is 0.438. The Labute approximate surface area is 130 Å². The lowest BCUT2D eigenvalue weighted by Gasteiger charge is -2.23. The van der Waals surface area contributed by atoms with E-state index < -0.39 is 5.60 Å². The van der Waals surface area contributed by atoms with Crippen LogP contribution in [0.2, 0.25) is 5.02 Å². The quantitative estimate of drug-likeness (QED) is 0.862. The molecule has 0 spiro atoms. The lowest BCUT2D eigenvalue weighted by molar-refractivity contribution is 0.0568. The van der Waals surface area contributed by atoms with E-state index in [9.17, 15) is 5.11 Å². The predicted molar refractivity (Wildman–Crippen MR) is 85.5 cm³/mol. The van der Waals surface area contributed by atoms with Crippen LogP contribution in [0.1, 0.15) is 30.9 Å². The molecule has 0 saturated heterocycles. The Bertz CT molecular complexity index is 595. The summed E-state index contributed by atoms with van der Waals surface area (Å²) in [5.41, 5.74) is 1.08. The van der Waals surface area contributed by atoms with Gasteiger partial charge in [-0.2, -0.15) is 5.10 Å². The summed E-state index contributed by atoms with van der Waals surface area (Å²) in [7, 11) is 1.84. The number of nitrogens with one attached hydrogen (secondary N) is 1. The Balaban J connectivity index is 1.89. The largest absolute Gasteiger partial charge is 0.384 e. The number of hydrogen-bond donors (Lipinski definition) is 2. The van der Waals surface area contributed by atoms with Crippen molar-refractivity contribution in [1.29, 1.82) is 0 Å². The Morgan fingerprint density at radius 2 is 2.24 bits per heavy atom. The van der Waals surface area contributed by atoms with E-state index in [1.165, 1.54) is 5.56 Å². The van der Waals surface area contributed by atoms with Gasteiger partial charge in [0.1, 0.15) is 5.60 Å². The third kappa shape index (κ3) is 4.30. The molecule has 5 heteroatoms. The van der Waals surface area contributed by atoms with Gasteiger partial charge in [0.2, 0.25) is 0 Å². The number of halogens is 1. The summed E-state index contributed by atoms with van der Waals surface area (Å²) in [5.74, 6) is 0.327. The maximum Gasteiger partial charge on any atom is 0.102 e. The monoisotopic (exact) mass is 307 g/mol. The van der Waals surface area contributed by atoms with Crippen molar-refractivity contribution in [3.8, 4) is 0 Å². The van der Waals surface area contributed by atoms with Gasteiger partial charge in [-0.05, 0) is 30.5 Å². The molecule has 0 radical (unpaired) electrons. The van der Waals surface area contributed by atoms with Crippen LogP contribution >= 0.6 is 11.6 Å². The first kappa shape index (κ1) is 16.0. The number of rotatable bonds is 6. The summed E-state index contributed by atoms with van der Waals surface area (Å²) >= 11 is 6.01. The molecule has 0 aliphatic rings. The van der Waals surface area contributed by atoms with E-state index in [4.69, 9.17) is 11.6 Å². The van der Waals surface area contributed by atoms with E-state index >= 15 is 0 Å². The van der Waals surface area contributed by atoms with Crippen molar-refractivity contribution in [3.05, 3.63) is 52.8 Å². The lowest BCUT2D eigenvalue weighted by atomic mass is 9.98. The Morgan fingerprint density at radius 3 is 2.86 bits per heavy atom. The molecular formula is C16H22ClN3O. The molecule has 114 valence electrons. The maximum atomic E-state index is 10.5. The maximum absolute atomic E-state index is 10.5. The minimum Gasteiger partial charge on any atom is -0.384 e. The molecule has 1 aromatic heterocycles. The second kappa shape index (κ2) is 6.60. The van der Waals surface area contributed by atoms with Crippen molar-refractivity contribution in [3.63, 3.8) is 0 Å². The normalized spacial score (nSPS) is 15.7. The van der Waals surface area contributed by atoms with Crippen LogP contribution in [0.4, 0.5) is 0 Å². The van der Waals surface area contributed by atoms with Gasteiger partial charge >= 0.3 is 0 Å². The Kier molecular flexibility index (Phi) is 5.04. The number of hydrogen-bond acceptors (Lipinski definition) is 3. The molecule has 0 aliphatic heterocycles. The third-order valence-corrected chi connectivity index (χ3v) is 3.90. The van der Waals surface area contributed by atoms with Gasteiger partial charge in [-0.25, -0.2) is 0 Å². The van der Waals surface area contributed by atoms with Gasteiger partial charge in [-0.15, -0.1) is 0 Å². The summed E-state index contributed by atoms with van der Waals surface area (Å²) in [6, 6.07) is 7.88. The van der Waals surface area contributed by atoms with Crippen LogP contribution in [0, 0.1) is 0 Å². The van der Waals surface area contributed by atoms with Gasteiger partial charge in [-0.1, -0.05) is 30.7 Å². The molecule has 0 fully saturated rings. The van der Waals surface area contributed by atoms with E-state index in [0.29, 0.717) is 12.5 Å². The van der Waals surface area contributed by atoms with Crippen molar-refractivity contribution in [2.24, 2.45) is 7.05 Å². The minimum atomic E-state index is -0.928. The number of aryl methyl sites for hydroxylation is 1. The van der Waals surface area contributed by atoms with E-state index in [1.807, 2.05) is 31.4 Å². The molecule has 0 amide bonds. The predicted octanol–water partition coefficient (Wildman–Crippen LogP) is 2.67. The molecular weight excluding hydrogens is 286 g/mol. The molecule has 0 aliphatic carbocycles. The molecule has 2 atom stereocenters. The molecule has 2 aromatic rings. The molecule has 2 rings (SSSR count). The number of aliphatic hydroxyl groups is 1. The first-order chi connectivity index (χ1) is 9.88. The average Bonchev–Trinajstić information content (AvgIpc) is 2.86. The zero-order valence-corrected chi connectivity index (χ0v) is 13.4. The lowest BCUT2D eigenvalue weighted by Crippen LogP contribution is -2.36. The first-order valence-corrected chi connectivity index (χ1v) is 7.44. The van der Waals surface area contributed by atoms with Crippen LogP contribution in [-0.2, 0) is 12.6 Å². The number of aromatic nitrogens is 2. The van der Waals surface area contributed by atoms with Crippen molar-refractivity contribution in [2.45, 2.75) is 25.4 Å². The second-order valence-corrected chi connectivity index (χ2v) is 6.20. The van der Waals surface area contributed by atoms with Crippen LogP contribution in [0.5, 0.6) is 0 Å². The van der Waals surface area contributed by atoms with Crippen LogP contribution in [-0.4, -0.2) is 28.0 Å². The molecule has 0 unspecified atom stereocenters.